The Morgan fingerprint density at radius 2 is 2.03 bits per heavy atom. The Hall–Kier alpha value is -2.46. The van der Waals surface area contributed by atoms with E-state index in [1.54, 1.807) is 24.9 Å². The Balaban J connectivity index is 0.00000341. The first-order valence-corrected chi connectivity index (χ1v) is 9.81. The summed E-state index contributed by atoms with van der Waals surface area (Å²) in [6, 6.07) is 3.42. The fourth-order valence-corrected chi connectivity index (χ4v) is 3.45. The third kappa shape index (κ3) is 7.03. The van der Waals surface area contributed by atoms with E-state index >= 15 is 0 Å². The lowest BCUT2D eigenvalue weighted by molar-refractivity contribution is -0.137. The molecule has 170 valence electrons. The second kappa shape index (κ2) is 10.7. The number of carbonyl (C=O) groups excluding carboxylic acids is 1. The molecule has 0 atom stereocenters. The van der Waals surface area contributed by atoms with Crippen molar-refractivity contribution < 1.29 is 18.0 Å². The number of halogens is 4. The number of hydrogen-bond donors (Lipinski definition) is 1. The molecule has 0 bridgehead atoms. The maximum atomic E-state index is 13.2. The average Bonchev–Trinajstić information content (AvgIpc) is 3.11. The standard InChI is InChI=1S/C20H25F3N6O.ClH/c1-14-25-27-29(26-14)13-17-11-18(20(21,22)23)5-3-16(17)4-6-19(30)28(2)12-15-7-9-24-10-8-15;/h3-6,11,15,24H,7-10,12-13H2,1-2H3;1H/b6-4+;. The molecule has 1 aromatic heterocycles. The average molecular weight is 459 g/mol. The van der Waals surface area contributed by atoms with Crippen LogP contribution in [0.3, 0.4) is 0 Å². The van der Waals surface area contributed by atoms with Gasteiger partial charge in [0, 0.05) is 19.7 Å². The van der Waals surface area contributed by atoms with Crippen LogP contribution < -0.4 is 5.32 Å². The van der Waals surface area contributed by atoms with Gasteiger partial charge < -0.3 is 10.2 Å². The maximum absolute atomic E-state index is 13.2. The summed E-state index contributed by atoms with van der Waals surface area (Å²) in [6.45, 7) is 4.23. The molecule has 1 fully saturated rings. The lowest BCUT2D eigenvalue weighted by Crippen LogP contribution is -2.36. The Bertz CT molecular complexity index is 909. The highest BCUT2D eigenvalue weighted by molar-refractivity contribution is 5.91. The molecule has 11 heteroatoms. The van der Waals surface area contributed by atoms with E-state index < -0.39 is 11.7 Å². The van der Waals surface area contributed by atoms with Gasteiger partial charge in [-0.3, -0.25) is 4.79 Å². The van der Waals surface area contributed by atoms with Crippen LogP contribution in [0.5, 0.6) is 0 Å². The maximum Gasteiger partial charge on any atom is 0.416 e. The Kier molecular flexibility index (Phi) is 8.58. The molecule has 0 aliphatic carbocycles. The lowest BCUT2D eigenvalue weighted by Gasteiger charge is -2.27. The van der Waals surface area contributed by atoms with Gasteiger partial charge in [-0.05, 0) is 73.3 Å². The summed E-state index contributed by atoms with van der Waals surface area (Å²) >= 11 is 0. The summed E-state index contributed by atoms with van der Waals surface area (Å²) in [6.07, 6.45) is 0.519. The number of likely N-dealkylation sites (N-methyl/N-ethyl adjacent to an activating group) is 1. The van der Waals surface area contributed by atoms with Gasteiger partial charge in [-0.15, -0.1) is 22.6 Å². The molecule has 1 amide bonds. The smallest absolute Gasteiger partial charge is 0.342 e. The molecule has 0 unspecified atom stereocenters. The van der Waals surface area contributed by atoms with Crippen molar-refractivity contribution in [1.29, 1.82) is 0 Å². The zero-order valence-corrected chi connectivity index (χ0v) is 18.2. The van der Waals surface area contributed by atoms with E-state index in [9.17, 15) is 18.0 Å². The second-order valence-electron chi connectivity index (χ2n) is 7.52. The van der Waals surface area contributed by atoms with Crippen LogP contribution in [0.25, 0.3) is 6.08 Å². The number of aromatic nitrogens is 4. The molecular formula is C20H26ClF3N6O. The summed E-state index contributed by atoms with van der Waals surface area (Å²) in [5.74, 6) is 0.694. The topological polar surface area (TPSA) is 75.9 Å². The number of rotatable bonds is 6. The number of benzene rings is 1. The highest BCUT2D eigenvalue weighted by Crippen LogP contribution is 2.31. The van der Waals surface area contributed by atoms with E-state index in [0.717, 1.165) is 38.1 Å². The highest BCUT2D eigenvalue weighted by atomic mass is 35.5. The zero-order chi connectivity index (χ0) is 21.7. The number of nitrogens with one attached hydrogen (secondary N) is 1. The molecule has 2 aromatic rings. The molecule has 3 rings (SSSR count). The van der Waals surface area contributed by atoms with Crippen molar-refractivity contribution in [1.82, 2.24) is 30.4 Å². The van der Waals surface area contributed by atoms with Gasteiger partial charge in [0.25, 0.3) is 0 Å². The molecular weight excluding hydrogens is 433 g/mol. The number of hydrogen-bond acceptors (Lipinski definition) is 5. The van der Waals surface area contributed by atoms with E-state index in [2.05, 4.69) is 20.7 Å². The van der Waals surface area contributed by atoms with Crippen molar-refractivity contribution in [2.45, 2.75) is 32.5 Å². The van der Waals surface area contributed by atoms with E-state index in [1.165, 1.54) is 16.9 Å². The number of alkyl halides is 3. The van der Waals surface area contributed by atoms with Gasteiger partial charge in [-0.2, -0.15) is 18.0 Å². The molecule has 31 heavy (non-hydrogen) atoms. The predicted octanol–water partition coefficient (Wildman–Crippen LogP) is 2.94. The van der Waals surface area contributed by atoms with Gasteiger partial charge in [0.05, 0.1) is 12.1 Å². The monoisotopic (exact) mass is 458 g/mol. The Labute approximate surface area is 185 Å². The minimum Gasteiger partial charge on any atom is -0.342 e. The first-order valence-electron chi connectivity index (χ1n) is 9.81. The van der Waals surface area contributed by atoms with Crippen LogP contribution in [0.1, 0.15) is 35.4 Å². The molecule has 0 saturated carbocycles. The van der Waals surface area contributed by atoms with Gasteiger partial charge in [-0.25, -0.2) is 0 Å². The molecule has 1 aliphatic rings. The zero-order valence-electron chi connectivity index (χ0n) is 17.4. The second-order valence-corrected chi connectivity index (χ2v) is 7.52. The predicted molar refractivity (Wildman–Crippen MR) is 113 cm³/mol. The van der Waals surface area contributed by atoms with Crippen molar-refractivity contribution in [2.75, 3.05) is 26.7 Å². The summed E-state index contributed by atoms with van der Waals surface area (Å²) in [5, 5.41) is 14.9. The molecule has 1 aromatic carbocycles. The van der Waals surface area contributed by atoms with Crippen LogP contribution in [-0.4, -0.2) is 57.7 Å². The van der Waals surface area contributed by atoms with Crippen LogP contribution >= 0.6 is 12.4 Å². The quantitative estimate of drug-likeness (QED) is 0.673. The van der Waals surface area contributed by atoms with Crippen molar-refractivity contribution in [3.63, 3.8) is 0 Å². The van der Waals surface area contributed by atoms with Gasteiger partial charge in [0.15, 0.2) is 5.82 Å². The third-order valence-corrected chi connectivity index (χ3v) is 5.11. The lowest BCUT2D eigenvalue weighted by atomic mass is 9.97. The number of tetrazole rings is 1. The van der Waals surface area contributed by atoms with Gasteiger partial charge >= 0.3 is 6.18 Å². The molecule has 7 nitrogen and oxygen atoms in total. The number of piperidine rings is 1. The van der Waals surface area contributed by atoms with Crippen LogP contribution in [0.15, 0.2) is 24.3 Å². The van der Waals surface area contributed by atoms with Crippen molar-refractivity contribution in [3.8, 4) is 0 Å². The number of carbonyl (C=O) groups is 1. The fourth-order valence-electron chi connectivity index (χ4n) is 3.45. The molecule has 1 saturated heterocycles. The number of amides is 1. The number of nitrogens with zero attached hydrogens (tertiary/aromatic N) is 5. The van der Waals surface area contributed by atoms with Crippen molar-refractivity contribution >= 4 is 24.4 Å². The molecule has 1 N–H and O–H groups in total. The largest absolute Gasteiger partial charge is 0.416 e. The van der Waals surface area contributed by atoms with Gasteiger partial charge in [-0.1, -0.05) is 6.07 Å². The summed E-state index contributed by atoms with van der Waals surface area (Å²) in [5.41, 5.74) is 0.0923. The molecule has 1 aliphatic heterocycles. The Morgan fingerprint density at radius 1 is 1.32 bits per heavy atom. The van der Waals surface area contributed by atoms with E-state index in [4.69, 9.17) is 0 Å². The molecule has 0 spiro atoms. The first kappa shape index (κ1) is 24.8. The number of aryl methyl sites for hydroxylation is 1. The van der Waals surface area contributed by atoms with Crippen LogP contribution in [-0.2, 0) is 17.5 Å². The molecule has 2 heterocycles. The van der Waals surface area contributed by atoms with Crippen LogP contribution in [0, 0.1) is 12.8 Å². The first-order chi connectivity index (χ1) is 14.2. The van der Waals surface area contributed by atoms with Crippen molar-refractivity contribution in [3.05, 3.63) is 46.8 Å². The van der Waals surface area contributed by atoms with E-state index in [1.807, 2.05) is 0 Å². The molecule has 0 radical (unpaired) electrons. The summed E-state index contributed by atoms with van der Waals surface area (Å²) < 4.78 is 39.5. The normalized spacial score (nSPS) is 15.1. The Morgan fingerprint density at radius 3 is 2.65 bits per heavy atom. The summed E-state index contributed by atoms with van der Waals surface area (Å²) in [4.78, 5) is 15.4. The van der Waals surface area contributed by atoms with Crippen LogP contribution in [0.4, 0.5) is 13.2 Å². The third-order valence-electron chi connectivity index (χ3n) is 5.11. The summed E-state index contributed by atoms with van der Waals surface area (Å²) in [7, 11) is 1.74. The van der Waals surface area contributed by atoms with Gasteiger partial charge in [0.2, 0.25) is 5.91 Å². The fraction of sp³-hybridized carbons (Fsp3) is 0.500. The van der Waals surface area contributed by atoms with E-state index in [0.29, 0.717) is 29.4 Å². The minimum absolute atomic E-state index is 0. The highest BCUT2D eigenvalue weighted by Gasteiger charge is 2.31. The SMILES string of the molecule is Cc1nnn(Cc2cc(C(F)(F)F)ccc2/C=C/C(=O)N(C)CC2CCNCC2)n1.Cl. The minimum atomic E-state index is -4.46. The van der Waals surface area contributed by atoms with E-state index in [-0.39, 0.29) is 24.9 Å². The van der Waals surface area contributed by atoms with Gasteiger partial charge in [0.1, 0.15) is 0 Å². The van der Waals surface area contributed by atoms with Crippen LogP contribution in [0.2, 0.25) is 0 Å². The van der Waals surface area contributed by atoms with Crippen molar-refractivity contribution in [2.24, 2.45) is 5.92 Å².